The zero-order chi connectivity index (χ0) is 23.7. The van der Waals surface area contributed by atoms with Crippen molar-refractivity contribution in [1.29, 1.82) is 0 Å². The minimum absolute atomic E-state index is 0.0497. The minimum Gasteiger partial charge on any atom is -0.497 e. The van der Waals surface area contributed by atoms with Crippen molar-refractivity contribution >= 4 is 23.4 Å². The Labute approximate surface area is 186 Å². The van der Waals surface area contributed by atoms with E-state index in [1.165, 1.54) is 21.3 Å². The van der Waals surface area contributed by atoms with Crippen molar-refractivity contribution in [2.45, 2.75) is 6.92 Å². The average Bonchev–Trinajstić information content (AvgIpc) is 2.83. The van der Waals surface area contributed by atoms with E-state index in [2.05, 4.69) is 10.1 Å². The highest BCUT2D eigenvalue weighted by atomic mass is 16.5. The molecule has 0 saturated heterocycles. The van der Waals surface area contributed by atoms with E-state index in [1.807, 2.05) is 0 Å². The summed E-state index contributed by atoms with van der Waals surface area (Å²) in [6.45, 7) is 1.61. The van der Waals surface area contributed by atoms with E-state index in [1.54, 1.807) is 55.5 Å². The number of benzene rings is 2. The molecular weight excluding hydrogens is 414 g/mol. The van der Waals surface area contributed by atoms with E-state index in [0.717, 1.165) is 13.2 Å². The molecule has 2 rings (SSSR count). The summed E-state index contributed by atoms with van der Waals surface area (Å²) in [4.78, 5) is 37.9. The van der Waals surface area contributed by atoms with Gasteiger partial charge in [-0.05, 0) is 19.1 Å². The molecule has 0 atom stereocenters. The maximum atomic E-state index is 13.4. The van der Waals surface area contributed by atoms with Gasteiger partial charge in [0.1, 0.15) is 11.5 Å². The van der Waals surface area contributed by atoms with Crippen LogP contribution >= 0.6 is 0 Å². The molecular formula is C24H25NO7. The lowest BCUT2D eigenvalue weighted by atomic mass is 9.94. The predicted octanol–water partition coefficient (Wildman–Crippen LogP) is 3.55. The molecule has 0 aliphatic carbocycles. The Morgan fingerprint density at radius 2 is 1.56 bits per heavy atom. The third-order valence-electron chi connectivity index (χ3n) is 4.51. The van der Waals surface area contributed by atoms with E-state index in [-0.39, 0.29) is 11.1 Å². The van der Waals surface area contributed by atoms with Crippen molar-refractivity contribution in [2.75, 3.05) is 33.8 Å². The summed E-state index contributed by atoms with van der Waals surface area (Å²) in [5.74, 6) is -1.12. The molecule has 8 heteroatoms. The Balaban J connectivity index is 2.69. The number of ketones is 1. The highest BCUT2D eigenvalue weighted by Crippen LogP contribution is 2.31. The van der Waals surface area contributed by atoms with E-state index >= 15 is 0 Å². The molecule has 0 fully saturated rings. The molecule has 0 aliphatic rings. The standard InChI is InChI=1S/C24H25NO7/c1-15(25-19-12-11-17(29-2)13-20(19)30-3)22(23(27)16-9-7-6-8-10-16)18(24(28)32-5)14-21(26)31-4/h6-14,25H,1-5H3/b18-14-,22-15-. The SMILES string of the molecule is COC(=O)/C=C(C(=O)OC)/C(C(=O)c1ccccc1)=C(\C)Nc1ccc(OC)cc1OC. The monoisotopic (exact) mass is 439 g/mol. The number of allylic oxidation sites excluding steroid dienone is 1. The van der Waals surface area contributed by atoms with Crippen LogP contribution in [0.15, 0.2) is 71.5 Å². The van der Waals surface area contributed by atoms with Gasteiger partial charge < -0.3 is 24.3 Å². The number of esters is 2. The number of methoxy groups -OCH3 is 4. The molecule has 0 bridgehead atoms. The normalized spacial score (nSPS) is 11.7. The molecule has 2 aromatic carbocycles. The summed E-state index contributed by atoms with van der Waals surface area (Å²) in [6, 6.07) is 13.5. The van der Waals surface area contributed by atoms with Crippen LogP contribution in [0, 0.1) is 0 Å². The highest BCUT2D eigenvalue weighted by molar-refractivity contribution is 6.19. The first-order chi connectivity index (χ1) is 15.4. The van der Waals surface area contributed by atoms with Gasteiger partial charge in [0.2, 0.25) is 0 Å². The third kappa shape index (κ3) is 5.75. The van der Waals surface area contributed by atoms with Crippen molar-refractivity contribution in [3.05, 3.63) is 77.0 Å². The van der Waals surface area contributed by atoms with Gasteiger partial charge in [0, 0.05) is 23.4 Å². The fourth-order valence-corrected chi connectivity index (χ4v) is 2.91. The Morgan fingerprint density at radius 1 is 0.875 bits per heavy atom. The van der Waals surface area contributed by atoms with Gasteiger partial charge in [-0.15, -0.1) is 0 Å². The average molecular weight is 439 g/mol. The van der Waals surface area contributed by atoms with Gasteiger partial charge in [-0.3, -0.25) is 4.79 Å². The Kier molecular flexibility index (Phi) is 8.59. The molecule has 0 unspecified atom stereocenters. The lowest BCUT2D eigenvalue weighted by Crippen LogP contribution is -2.19. The molecule has 0 aliphatic heterocycles. The van der Waals surface area contributed by atoms with Gasteiger partial charge in [-0.25, -0.2) is 9.59 Å². The van der Waals surface area contributed by atoms with Crippen molar-refractivity contribution in [3.8, 4) is 11.5 Å². The number of rotatable bonds is 9. The summed E-state index contributed by atoms with van der Waals surface area (Å²) in [6.07, 6.45) is 0.929. The maximum Gasteiger partial charge on any atom is 0.338 e. The van der Waals surface area contributed by atoms with Crippen molar-refractivity contribution in [2.24, 2.45) is 0 Å². The Hall–Kier alpha value is -4.07. The second kappa shape index (κ2) is 11.4. The fraction of sp³-hybridized carbons (Fsp3) is 0.208. The molecule has 0 heterocycles. The number of Topliss-reactive ketones (excluding diaryl/α,β-unsaturated/α-hetero) is 1. The predicted molar refractivity (Wildman–Crippen MR) is 119 cm³/mol. The highest BCUT2D eigenvalue weighted by Gasteiger charge is 2.27. The summed E-state index contributed by atoms with van der Waals surface area (Å²) >= 11 is 0. The molecule has 32 heavy (non-hydrogen) atoms. The zero-order valence-electron chi connectivity index (χ0n) is 18.6. The fourth-order valence-electron chi connectivity index (χ4n) is 2.91. The van der Waals surface area contributed by atoms with Crippen LogP contribution in [0.4, 0.5) is 5.69 Å². The van der Waals surface area contributed by atoms with Gasteiger partial charge >= 0.3 is 11.9 Å². The number of hydrogen-bond donors (Lipinski definition) is 1. The van der Waals surface area contributed by atoms with Crippen LogP contribution in [0.25, 0.3) is 0 Å². The first-order valence-corrected chi connectivity index (χ1v) is 9.54. The number of nitrogens with one attached hydrogen (secondary N) is 1. The number of ether oxygens (including phenoxy) is 4. The van der Waals surface area contributed by atoms with Crippen molar-refractivity contribution in [3.63, 3.8) is 0 Å². The van der Waals surface area contributed by atoms with E-state index in [9.17, 15) is 14.4 Å². The quantitative estimate of drug-likeness (QED) is 0.274. The van der Waals surface area contributed by atoms with Gasteiger partial charge in [-0.2, -0.15) is 0 Å². The first kappa shape index (κ1) is 24.2. The van der Waals surface area contributed by atoms with Gasteiger partial charge in [0.05, 0.1) is 45.3 Å². The summed E-state index contributed by atoms with van der Waals surface area (Å²) < 4.78 is 20.1. The smallest absolute Gasteiger partial charge is 0.338 e. The molecule has 8 nitrogen and oxygen atoms in total. The first-order valence-electron chi connectivity index (χ1n) is 9.54. The lowest BCUT2D eigenvalue weighted by Gasteiger charge is -2.17. The Morgan fingerprint density at radius 3 is 2.12 bits per heavy atom. The molecule has 0 aromatic heterocycles. The topological polar surface area (TPSA) is 100 Å². The second-order valence-corrected chi connectivity index (χ2v) is 6.46. The number of carbonyl (C=O) groups excluding carboxylic acids is 3. The van der Waals surface area contributed by atoms with E-state index < -0.39 is 17.7 Å². The Bertz CT molecular complexity index is 1060. The van der Waals surface area contributed by atoms with Crippen LogP contribution in [0.3, 0.4) is 0 Å². The van der Waals surface area contributed by atoms with Crippen LogP contribution < -0.4 is 14.8 Å². The van der Waals surface area contributed by atoms with Crippen LogP contribution in [-0.4, -0.2) is 46.2 Å². The van der Waals surface area contributed by atoms with Gasteiger partial charge in [0.25, 0.3) is 0 Å². The van der Waals surface area contributed by atoms with E-state index in [0.29, 0.717) is 28.4 Å². The van der Waals surface area contributed by atoms with Gasteiger partial charge in [0.15, 0.2) is 5.78 Å². The van der Waals surface area contributed by atoms with Crippen LogP contribution in [0.1, 0.15) is 17.3 Å². The molecule has 1 N–H and O–H groups in total. The number of anilines is 1. The molecule has 0 spiro atoms. The molecule has 0 amide bonds. The van der Waals surface area contributed by atoms with Crippen LogP contribution in [0.5, 0.6) is 11.5 Å². The summed E-state index contributed by atoms with van der Waals surface area (Å²) in [7, 11) is 5.35. The third-order valence-corrected chi connectivity index (χ3v) is 4.51. The number of carbonyl (C=O) groups is 3. The minimum atomic E-state index is -0.863. The zero-order valence-corrected chi connectivity index (χ0v) is 18.6. The van der Waals surface area contributed by atoms with Crippen molar-refractivity contribution in [1.82, 2.24) is 0 Å². The maximum absolute atomic E-state index is 13.4. The van der Waals surface area contributed by atoms with Crippen molar-refractivity contribution < 1.29 is 33.3 Å². The summed E-state index contributed by atoms with van der Waals surface area (Å²) in [5, 5.41) is 3.09. The lowest BCUT2D eigenvalue weighted by molar-refractivity contribution is -0.138. The molecule has 0 saturated carbocycles. The van der Waals surface area contributed by atoms with E-state index in [4.69, 9.17) is 14.2 Å². The molecule has 0 radical (unpaired) electrons. The number of hydrogen-bond acceptors (Lipinski definition) is 8. The van der Waals surface area contributed by atoms with Gasteiger partial charge in [-0.1, -0.05) is 30.3 Å². The summed E-state index contributed by atoms with van der Waals surface area (Å²) in [5.41, 5.74) is 0.844. The molecule has 2 aromatic rings. The largest absolute Gasteiger partial charge is 0.497 e. The molecule has 168 valence electrons. The van der Waals surface area contributed by atoms with Crippen LogP contribution in [-0.2, 0) is 19.1 Å². The van der Waals surface area contributed by atoms with Crippen LogP contribution in [0.2, 0.25) is 0 Å². The second-order valence-electron chi connectivity index (χ2n) is 6.46.